The predicted molar refractivity (Wildman–Crippen MR) is 168 cm³/mol. The van der Waals surface area contributed by atoms with Gasteiger partial charge in [0.15, 0.2) is 0 Å². The average molecular weight is 602 g/mol. The summed E-state index contributed by atoms with van der Waals surface area (Å²) in [5, 5.41) is 18.6. The molecule has 0 bridgehead atoms. The lowest BCUT2D eigenvalue weighted by Gasteiger charge is -2.24. The molecule has 0 aliphatic rings. The van der Waals surface area contributed by atoms with Crippen molar-refractivity contribution in [2.75, 3.05) is 5.75 Å². The zero-order chi connectivity index (χ0) is 30.8. The van der Waals surface area contributed by atoms with Crippen LogP contribution in [0.4, 0.5) is 0 Å². The largest absolute Gasteiger partial charge is 0.480 e. The van der Waals surface area contributed by atoms with Crippen LogP contribution in [0.5, 0.6) is 0 Å². The standard InChI is InChI=1S/C32H35N5O5S/c33-24(15-20-9-3-1-4-10-20)29(38)37-28(19-43)31(40)35-26(17-22-18-34-25-14-8-7-13-23(22)25)30(39)36-27(32(41)42)16-21-11-5-2-6-12-21/h1-14,18,24,26-28,34,43H,15-17,19,33H2,(H,35,40)(H,36,39)(H,37,38)(H,41,42). The first kappa shape index (κ1) is 31.3. The Hall–Kier alpha value is -4.61. The molecule has 4 unspecified atom stereocenters. The quantitative estimate of drug-likeness (QED) is 0.109. The summed E-state index contributed by atoms with van der Waals surface area (Å²) in [4.78, 5) is 55.0. The third-order valence-electron chi connectivity index (χ3n) is 7.08. The van der Waals surface area contributed by atoms with Crippen LogP contribution in [0, 0.1) is 0 Å². The zero-order valence-corrected chi connectivity index (χ0v) is 24.3. The summed E-state index contributed by atoms with van der Waals surface area (Å²) in [7, 11) is 0. The van der Waals surface area contributed by atoms with Crippen LogP contribution in [-0.4, -0.2) is 63.7 Å². The second-order valence-corrected chi connectivity index (χ2v) is 10.6. The maximum atomic E-state index is 13.6. The molecule has 0 aliphatic heterocycles. The van der Waals surface area contributed by atoms with Crippen molar-refractivity contribution in [3.63, 3.8) is 0 Å². The van der Waals surface area contributed by atoms with E-state index in [1.807, 2.05) is 60.7 Å². The number of aromatic amines is 1. The summed E-state index contributed by atoms with van der Waals surface area (Å²) in [6.07, 6.45) is 2.15. The van der Waals surface area contributed by atoms with Crippen molar-refractivity contribution in [3.8, 4) is 0 Å². The monoisotopic (exact) mass is 601 g/mol. The van der Waals surface area contributed by atoms with Crippen LogP contribution in [0.3, 0.4) is 0 Å². The maximum absolute atomic E-state index is 13.6. The number of thiol groups is 1. The van der Waals surface area contributed by atoms with Gasteiger partial charge in [-0.15, -0.1) is 0 Å². The Kier molecular flexibility index (Phi) is 11.0. The smallest absolute Gasteiger partial charge is 0.326 e. The lowest BCUT2D eigenvalue weighted by Crippen LogP contribution is -2.58. The molecule has 4 atom stereocenters. The number of hydrogen-bond acceptors (Lipinski definition) is 6. The predicted octanol–water partition coefficient (Wildman–Crippen LogP) is 1.99. The number of carbonyl (C=O) groups excluding carboxylic acids is 3. The fraction of sp³-hybridized carbons (Fsp3) is 0.250. The van der Waals surface area contributed by atoms with E-state index < -0.39 is 47.9 Å². The summed E-state index contributed by atoms with van der Waals surface area (Å²) >= 11 is 4.25. The molecule has 4 aromatic rings. The fourth-order valence-electron chi connectivity index (χ4n) is 4.76. The van der Waals surface area contributed by atoms with Gasteiger partial charge >= 0.3 is 5.97 Å². The lowest BCUT2D eigenvalue weighted by molar-refractivity contribution is -0.142. The van der Waals surface area contributed by atoms with Gasteiger partial charge in [0.25, 0.3) is 0 Å². The number of H-pyrrole nitrogens is 1. The molecule has 224 valence electrons. The van der Waals surface area contributed by atoms with E-state index in [1.165, 1.54) is 0 Å². The van der Waals surface area contributed by atoms with Gasteiger partial charge < -0.3 is 31.8 Å². The average Bonchev–Trinajstić information content (AvgIpc) is 3.42. The van der Waals surface area contributed by atoms with Crippen LogP contribution >= 0.6 is 12.6 Å². The molecule has 0 saturated carbocycles. The normalized spacial score (nSPS) is 13.8. The molecule has 3 amide bonds. The minimum atomic E-state index is -1.23. The van der Waals surface area contributed by atoms with Crippen LogP contribution in [0.15, 0.2) is 91.1 Å². The number of rotatable bonds is 14. The number of fused-ring (bicyclic) bond motifs is 1. The Balaban J connectivity index is 1.50. The molecule has 43 heavy (non-hydrogen) atoms. The molecule has 11 heteroatoms. The first-order valence-corrected chi connectivity index (χ1v) is 14.5. The second-order valence-electron chi connectivity index (χ2n) is 10.3. The highest BCUT2D eigenvalue weighted by atomic mass is 32.1. The van der Waals surface area contributed by atoms with E-state index in [4.69, 9.17) is 5.73 Å². The van der Waals surface area contributed by atoms with E-state index in [0.717, 1.165) is 27.6 Å². The van der Waals surface area contributed by atoms with Gasteiger partial charge in [-0.2, -0.15) is 12.6 Å². The number of carboxylic acids is 1. The number of nitrogens with two attached hydrogens (primary N) is 1. The number of hydrogen-bond donors (Lipinski definition) is 7. The van der Waals surface area contributed by atoms with E-state index >= 15 is 0 Å². The summed E-state index contributed by atoms with van der Waals surface area (Å²) in [5.74, 6) is -3.12. The van der Waals surface area contributed by atoms with Crippen LogP contribution in [0.25, 0.3) is 10.9 Å². The number of aliphatic carboxylic acids is 1. The molecule has 0 saturated heterocycles. The molecule has 0 spiro atoms. The molecule has 0 aliphatic carbocycles. The number of carbonyl (C=O) groups is 4. The van der Waals surface area contributed by atoms with Crippen molar-refractivity contribution in [2.45, 2.75) is 43.4 Å². The first-order chi connectivity index (χ1) is 20.7. The van der Waals surface area contributed by atoms with Crippen molar-refractivity contribution in [2.24, 2.45) is 5.73 Å². The Labute approximate surface area is 254 Å². The topological polar surface area (TPSA) is 166 Å². The number of nitrogens with one attached hydrogen (secondary N) is 4. The Morgan fingerprint density at radius 3 is 1.86 bits per heavy atom. The van der Waals surface area contributed by atoms with Crippen molar-refractivity contribution in [3.05, 3.63) is 108 Å². The third-order valence-corrected chi connectivity index (χ3v) is 7.45. The van der Waals surface area contributed by atoms with Crippen molar-refractivity contribution in [1.29, 1.82) is 0 Å². The summed E-state index contributed by atoms with van der Waals surface area (Å²) in [6, 6.07) is 21.3. The van der Waals surface area contributed by atoms with E-state index in [-0.39, 0.29) is 25.0 Å². The highest BCUT2D eigenvalue weighted by Gasteiger charge is 2.31. The van der Waals surface area contributed by atoms with Gasteiger partial charge in [0.1, 0.15) is 18.1 Å². The minimum Gasteiger partial charge on any atom is -0.480 e. The van der Waals surface area contributed by atoms with Crippen molar-refractivity contribution >= 4 is 47.2 Å². The molecule has 1 aromatic heterocycles. The number of benzene rings is 3. The lowest BCUT2D eigenvalue weighted by atomic mass is 10.0. The van der Waals surface area contributed by atoms with Gasteiger partial charge in [-0.1, -0.05) is 78.9 Å². The van der Waals surface area contributed by atoms with Gasteiger partial charge in [0.05, 0.1) is 6.04 Å². The van der Waals surface area contributed by atoms with Gasteiger partial charge in [0, 0.05) is 35.7 Å². The van der Waals surface area contributed by atoms with Gasteiger partial charge in [-0.25, -0.2) is 4.79 Å². The van der Waals surface area contributed by atoms with Crippen molar-refractivity contribution in [1.82, 2.24) is 20.9 Å². The van der Waals surface area contributed by atoms with Gasteiger partial charge in [-0.05, 0) is 29.2 Å². The van der Waals surface area contributed by atoms with Gasteiger partial charge in [0.2, 0.25) is 17.7 Å². The Morgan fingerprint density at radius 2 is 1.23 bits per heavy atom. The molecular formula is C32H35N5O5S. The number of aromatic nitrogens is 1. The SMILES string of the molecule is NC(Cc1ccccc1)C(=O)NC(CS)C(=O)NC(Cc1c[nH]c2ccccc12)C(=O)NC(Cc1ccccc1)C(=O)O. The van der Waals surface area contributed by atoms with Gasteiger partial charge in [-0.3, -0.25) is 14.4 Å². The van der Waals surface area contributed by atoms with Crippen LogP contribution in [0.1, 0.15) is 16.7 Å². The summed E-state index contributed by atoms with van der Waals surface area (Å²) < 4.78 is 0. The second kappa shape index (κ2) is 15.0. The number of para-hydroxylation sites is 1. The van der Waals surface area contributed by atoms with E-state index in [0.29, 0.717) is 0 Å². The number of carboxylic acid groups (broad SMARTS) is 1. The summed E-state index contributed by atoms with van der Waals surface area (Å²) in [6.45, 7) is 0. The van der Waals surface area contributed by atoms with Crippen LogP contribution in [-0.2, 0) is 38.4 Å². The highest BCUT2D eigenvalue weighted by molar-refractivity contribution is 7.80. The molecule has 0 fully saturated rings. The van der Waals surface area contributed by atoms with E-state index in [9.17, 15) is 24.3 Å². The van der Waals surface area contributed by atoms with E-state index in [2.05, 4.69) is 33.6 Å². The maximum Gasteiger partial charge on any atom is 0.326 e. The molecule has 0 radical (unpaired) electrons. The molecule has 10 nitrogen and oxygen atoms in total. The fourth-order valence-corrected chi connectivity index (χ4v) is 5.01. The number of amides is 3. The zero-order valence-electron chi connectivity index (χ0n) is 23.4. The first-order valence-electron chi connectivity index (χ1n) is 13.9. The Morgan fingerprint density at radius 1 is 0.698 bits per heavy atom. The summed E-state index contributed by atoms with van der Waals surface area (Å²) in [5.41, 5.74) is 9.31. The van der Waals surface area contributed by atoms with Crippen LogP contribution < -0.4 is 21.7 Å². The Bertz CT molecular complexity index is 1550. The minimum absolute atomic E-state index is 0.0528. The molecule has 7 N–H and O–H groups in total. The third kappa shape index (κ3) is 8.69. The molecule has 3 aromatic carbocycles. The van der Waals surface area contributed by atoms with E-state index in [1.54, 1.807) is 30.5 Å². The molecule has 1 heterocycles. The molecular weight excluding hydrogens is 566 g/mol. The van der Waals surface area contributed by atoms with Crippen LogP contribution in [0.2, 0.25) is 0 Å². The molecule has 4 rings (SSSR count). The van der Waals surface area contributed by atoms with Crippen molar-refractivity contribution < 1.29 is 24.3 Å². The highest BCUT2D eigenvalue weighted by Crippen LogP contribution is 2.19.